The van der Waals surface area contributed by atoms with Gasteiger partial charge in [-0.3, -0.25) is 14.8 Å². The molecule has 1 aromatic heterocycles. The Morgan fingerprint density at radius 1 is 1.17 bits per heavy atom. The van der Waals surface area contributed by atoms with Crippen LogP contribution in [0, 0.1) is 11.6 Å². The summed E-state index contributed by atoms with van der Waals surface area (Å²) in [6, 6.07) is 12.5. The lowest BCUT2D eigenvalue weighted by molar-refractivity contribution is -0.115. The summed E-state index contributed by atoms with van der Waals surface area (Å²) in [5.74, 6) is -1.86. The third-order valence-electron chi connectivity index (χ3n) is 4.67. The Morgan fingerprint density at radius 3 is 2.86 bits per heavy atom. The maximum absolute atomic E-state index is 14.4. The van der Waals surface area contributed by atoms with Crippen LogP contribution < -0.4 is 10.6 Å². The van der Waals surface area contributed by atoms with Crippen LogP contribution in [-0.4, -0.2) is 23.7 Å². The summed E-state index contributed by atoms with van der Waals surface area (Å²) in [6.45, 7) is 0.565. The van der Waals surface area contributed by atoms with Crippen LogP contribution in [0.3, 0.4) is 0 Å². The number of aromatic nitrogens is 1. The van der Waals surface area contributed by atoms with Crippen LogP contribution in [0.4, 0.5) is 25.8 Å². The summed E-state index contributed by atoms with van der Waals surface area (Å²) >= 11 is 0. The molecule has 2 N–H and O–H groups in total. The fourth-order valence-electron chi connectivity index (χ4n) is 3.18. The third kappa shape index (κ3) is 4.29. The molecule has 7 heteroatoms. The van der Waals surface area contributed by atoms with Crippen molar-refractivity contribution in [3.8, 4) is 0 Å². The van der Waals surface area contributed by atoms with Gasteiger partial charge in [-0.1, -0.05) is 6.07 Å². The highest BCUT2D eigenvalue weighted by Crippen LogP contribution is 2.32. The highest BCUT2D eigenvalue weighted by molar-refractivity contribution is 6.12. The average molecular weight is 392 g/mol. The number of carbonyl (C=O) groups excluding carboxylic acids is 1. The molecule has 0 saturated carbocycles. The molecule has 1 unspecified atom stereocenters. The van der Waals surface area contributed by atoms with E-state index in [4.69, 9.17) is 0 Å². The minimum absolute atomic E-state index is 0.288. The maximum atomic E-state index is 14.4. The van der Waals surface area contributed by atoms with Crippen molar-refractivity contribution >= 4 is 29.2 Å². The Morgan fingerprint density at radius 2 is 2.07 bits per heavy atom. The first-order valence-electron chi connectivity index (χ1n) is 9.17. The maximum Gasteiger partial charge on any atom is 0.237 e. The van der Waals surface area contributed by atoms with E-state index in [2.05, 4.69) is 20.6 Å². The fraction of sp³-hybridized carbons (Fsp3) is 0.136. The molecule has 29 heavy (non-hydrogen) atoms. The Labute approximate surface area is 166 Å². The molecule has 1 aliphatic heterocycles. The van der Waals surface area contributed by atoms with Crippen molar-refractivity contribution in [3.05, 3.63) is 83.7 Å². The van der Waals surface area contributed by atoms with Gasteiger partial charge < -0.3 is 10.6 Å². The first kappa shape index (κ1) is 18.7. The standard InChI is InChI=1S/C22H18F2N4O/c23-15-3-5-20-17(10-15)18(22(29)28-20)13-27-16-4-6-21(19(24)11-16)26-9-7-14-2-1-8-25-12-14/h1-6,8,10-13,18,26H,7,9H2,(H,28,29). The van der Waals surface area contributed by atoms with Gasteiger partial charge in [0.15, 0.2) is 0 Å². The lowest BCUT2D eigenvalue weighted by atomic mass is 10.0. The van der Waals surface area contributed by atoms with Gasteiger partial charge in [0, 0.05) is 36.9 Å². The van der Waals surface area contributed by atoms with Crippen LogP contribution in [0.1, 0.15) is 17.0 Å². The van der Waals surface area contributed by atoms with Gasteiger partial charge in [0.1, 0.15) is 17.6 Å². The number of nitrogens with zero attached hydrogens (tertiary/aromatic N) is 2. The van der Waals surface area contributed by atoms with Crippen LogP contribution in [0.5, 0.6) is 0 Å². The molecule has 0 fully saturated rings. The van der Waals surface area contributed by atoms with Crippen molar-refractivity contribution < 1.29 is 13.6 Å². The SMILES string of the molecule is O=C1Nc2ccc(F)cc2C1C=Nc1ccc(NCCc2cccnc2)c(F)c1. The second kappa shape index (κ2) is 8.18. The van der Waals surface area contributed by atoms with Gasteiger partial charge in [-0.25, -0.2) is 8.78 Å². The van der Waals surface area contributed by atoms with Crippen molar-refractivity contribution in [2.24, 2.45) is 4.99 Å². The number of nitrogens with one attached hydrogen (secondary N) is 2. The van der Waals surface area contributed by atoms with Crippen molar-refractivity contribution in [1.29, 1.82) is 0 Å². The summed E-state index contributed by atoms with van der Waals surface area (Å²) in [5, 5.41) is 5.73. The first-order chi connectivity index (χ1) is 14.1. The van der Waals surface area contributed by atoms with E-state index in [9.17, 15) is 13.6 Å². The molecule has 5 nitrogen and oxygen atoms in total. The molecule has 1 atom stereocenters. The predicted octanol–water partition coefficient (Wildman–Crippen LogP) is 4.45. The molecule has 146 valence electrons. The molecule has 1 aliphatic rings. The number of hydrogen-bond donors (Lipinski definition) is 2. The van der Waals surface area contributed by atoms with Gasteiger partial charge in [0.25, 0.3) is 0 Å². The highest BCUT2D eigenvalue weighted by Gasteiger charge is 2.29. The van der Waals surface area contributed by atoms with Crippen LogP contribution in [0.25, 0.3) is 0 Å². The molecule has 2 heterocycles. The van der Waals surface area contributed by atoms with E-state index >= 15 is 0 Å². The van der Waals surface area contributed by atoms with E-state index in [0.717, 1.165) is 12.0 Å². The van der Waals surface area contributed by atoms with Gasteiger partial charge in [-0.05, 0) is 53.9 Å². The molecule has 0 bridgehead atoms. The van der Waals surface area contributed by atoms with Crippen LogP contribution in [0.15, 0.2) is 65.9 Å². The normalized spacial score (nSPS) is 15.4. The monoisotopic (exact) mass is 392 g/mol. The van der Waals surface area contributed by atoms with Gasteiger partial charge in [-0.15, -0.1) is 0 Å². The number of anilines is 2. The lowest BCUT2D eigenvalue weighted by Gasteiger charge is -2.08. The van der Waals surface area contributed by atoms with Crippen molar-refractivity contribution in [3.63, 3.8) is 0 Å². The van der Waals surface area contributed by atoms with Crippen molar-refractivity contribution in [2.75, 3.05) is 17.2 Å². The Balaban J connectivity index is 1.42. The number of hydrogen-bond acceptors (Lipinski definition) is 4. The molecular weight excluding hydrogens is 374 g/mol. The quantitative estimate of drug-likeness (QED) is 0.609. The zero-order chi connectivity index (χ0) is 20.2. The fourth-order valence-corrected chi connectivity index (χ4v) is 3.18. The highest BCUT2D eigenvalue weighted by atomic mass is 19.1. The van der Waals surface area contributed by atoms with E-state index < -0.39 is 17.6 Å². The predicted molar refractivity (Wildman–Crippen MR) is 109 cm³/mol. The van der Waals surface area contributed by atoms with Crippen LogP contribution in [-0.2, 0) is 11.2 Å². The molecule has 0 aliphatic carbocycles. The first-order valence-corrected chi connectivity index (χ1v) is 9.17. The lowest BCUT2D eigenvalue weighted by Crippen LogP contribution is -2.12. The van der Waals surface area contributed by atoms with E-state index in [-0.39, 0.29) is 5.91 Å². The number of fused-ring (bicyclic) bond motifs is 1. The second-order valence-electron chi connectivity index (χ2n) is 6.68. The summed E-state index contributed by atoms with van der Waals surface area (Å²) < 4.78 is 27.9. The van der Waals surface area contributed by atoms with E-state index in [1.54, 1.807) is 24.5 Å². The smallest absolute Gasteiger partial charge is 0.237 e. The van der Waals surface area contributed by atoms with Crippen molar-refractivity contribution in [2.45, 2.75) is 12.3 Å². The van der Waals surface area contributed by atoms with Gasteiger partial charge in [0.2, 0.25) is 5.91 Å². The summed E-state index contributed by atoms with van der Waals surface area (Å²) in [5.41, 5.74) is 2.89. The van der Waals surface area contributed by atoms with Gasteiger partial charge >= 0.3 is 0 Å². The minimum atomic E-state index is -0.707. The summed E-state index contributed by atoms with van der Waals surface area (Å²) in [6.07, 6.45) is 5.62. The summed E-state index contributed by atoms with van der Waals surface area (Å²) in [7, 11) is 0. The number of halogens is 2. The zero-order valence-corrected chi connectivity index (χ0v) is 15.4. The van der Waals surface area contributed by atoms with Crippen LogP contribution >= 0.6 is 0 Å². The molecule has 0 radical (unpaired) electrons. The molecule has 2 aromatic carbocycles. The van der Waals surface area contributed by atoms with E-state index in [0.29, 0.717) is 29.2 Å². The average Bonchev–Trinajstić information content (AvgIpc) is 3.03. The Hall–Kier alpha value is -3.61. The second-order valence-corrected chi connectivity index (χ2v) is 6.68. The number of pyridine rings is 1. The third-order valence-corrected chi connectivity index (χ3v) is 4.67. The number of amides is 1. The molecule has 0 spiro atoms. The molecule has 3 aromatic rings. The summed E-state index contributed by atoms with van der Waals surface area (Å²) in [4.78, 5) is 20.4. The molecule has 1 amide bonds. The molecule has 0 saturated heterocycles. The number of aliphatic imine (C=N–C) groups is 1. The molecular formula is C22H18F2N4O. The van der Waals surface area contributed by atoms with E-state index in [1.165, 1.54) is 30.5 Å². The van der Waals surface area contributed by atoms with Gasteiger partial charge in [-0.2, -0.15) is 0 Å². The minimum Gasteiger partial charge on any atom is -0.382 e. The largest absolute Gasteiger partial charge is 0.382 e. The Kier molecular flexibility index (Phi) is 5.29. The van der Waals surface area contributed by atoms with Gasteiger partial charge in [0.05, 0.1) is 11.4 Å². The van der Waals surface area contributed by atoms with Crippen molar-refractivity contribution in [1.82, 2.24) is 4.98 Å². The topological polar surface area (TPSA) is 66.4 Å². The number of rotatable bonds is 6. The Bertz CT molecular complexity index is 1070. The van der Waals surface area contributed by atoms with Crippen LogP contribution in [0.2, 0.25) is 0 Å². The number of carbonyl (C=O) groups is 1. The number of benzene rings is 2. The zero-order valence-electron chi connectivity index (χ0n) is 15.4. The molecule has 4 rings (SSSR count). The van der Waals surface area contributed by atoms with E-state index in [1.807, 2.05) is 12.1 Å².